The van der Waals surface area contributed by atoms with E-state index < -0.39 is 0 Å². The Morgan fingerprint density at radius 1 is 0.769 bits per heavy atom. The van der Waals surface area contributed by atoms with Crippen molar-refractivity contribution in [1.29, 1.82) is 0 Å². The molecule has 2 N–H and O–H groups in total. The van der Waals surface area contributed by atoms with Crippen molar-refractivity contribution >= 4 is 11.8 Å². The van der Waals surface area contributed by atoms with E-state index in [2.05, 4.69) is 10.6 Å². The molecule has 0 heterocycles. The quantitative estimate of drug-likeness (QED) is 0.704. The number of amides is 2. The number of carbonyl (C=O) groups excluding carboxylic acids is 2. The summed E-state index contributed by atoms with van der Waals surface area (Å²) in [6.45, 7) is 0.573. The van der Waals surface area contributed by atoms with Gasteiger partial charge in [-0.15, -0.1) is 0 Å². The van der Waals surface area contributed by atoms with E-state index in [1.54, 1.807) is 49.6 Å². The Labute approximate surface area is 152 Å². The van der Waals surface area contributed by atoms with Gasteiger partial charge >= 0.3 is 0 Å². The van der Waals surface area contributed by atoms with Gasteiger partial charge in [-0.05, 0) is 42.5 Å². The highest BCUT2D eigenvalue weighted by Crippen LogP contribution is 2.23. The van der Waals surface area contributed by atoms with Crippen LogP contribution in [0.2, 0.25) is 0 Å². The van der Waals surface area contributed by atoms with Crippen molar-refractivity contribution in [2.75, 3.05) is 34.4 Å². The first-order valence-corrected chi connectivity index (χ1v) is 8.01. The van der Waals surface area contributed by atoms with Crippen LogP contribution in [0.25, 0.3) is 0 Å². The molecule has 0 aromatic heterocycles. The molecule has 0 spiro atoms. The Balaban J connectivity index is 1.85. The summed E-state index contributed by atoms with van der Waals surface area (Å²) in [6.07, 6.45) is 0. The van der Waals surface area contributed by atoms with Crippen LogP contribution in [-0.2, 0) is 0 Å². The van der Waals surface area contributed by atoms with Crippen LogP contribution >= 0.6 is 0 Å². The van der Waals surface area contributed by atoms with Crippen LogP contribution in [0, 0.1) is 0 Å². The molecule has 0 saturated heterocycles. The van der Waals surface area contributed by atoms with E-state index in [-0.39, 0.29) is 18.4 Å². The zero-order chi connectivity index (χ0) is 18.9. The fourth-order valence-corrected chi connectivity index (χ4v) is 2.28. The number of ether oxygens (including phenoxy) is 3. The van der Waals surface area contributed by atoms with Crippen LogP contribution in [0.15, 0.2) is 42.5 Å². The molecule has 0 aliphatic heterocycles. The second kappa shape index (κ2) is 9.31. The molecule has 2 rings (SSSR count). The van der Waals surface area contributed by atoms with Gasteiger partial charge in [-0.3, -0.25) is 9.59 Å². The zero-order valence-corrected chi connectivity index (χ0v) is 15.0. The summed E-state index contributed by atoms with van der Waals surface area (Å²) in [5.74, 6) is 1.16. The van der Waals surface area contributed by atoms with Gasteiger partial charge in [0, 0.05) is 18.7 Å². The van der Waals surface area contributed by atoms with Gasteiger partial charge < -0.3 is 24.8 Å². The molecule has 0 radical (unpaired) electrons. The van der Waals surface area contributed by atoms with Crippen LogP contribution in [0.4, 0.5) is 0 Å². The summed E-state index contributed by atoms with van der Waals surface area (Å²) >= 11 is 0. The number of nitrogens with one attached hydrogen (secondary N) is 2. The maximum absolute atomic E-state index is 12.3. The molecular formula is C19H22N2O5. The van der Waals surface area contributed by atoms with Crippen LogP contribution in [0.5, 0.6) is 17.2 Å². The average Bonchev–Trinajstić information content (AvgIpc) is 2.70. The second-order valence-corrected chi connectivity index (χ2v) is 5.31. The Kier molecular flexibility index (Phi) is 6.84. The third-order valence-electron chi connectivity index (χ3n) is 3.70. The molecule has 0 aliphatic carbocycles. The number of hydrogen-bond donors (Lipinski definition) is 2. The standard InChI is InChI=1S/C19H22N2O5/c1-24-14-6-4-13(5-7-14)18(22)20-10-11-21-19(23)16-12-15(25-2)8-9-17(16)26-3/h4-9,12H,10-11H2,1-3H3,(H,20,22)(H,21,23). The Morgan fingerprint density at radius 2 is 1.35 bits per heavy atom. The third-order valence-corrected chi connectivity index (χ3v) is 3.70. The van der Waals surface area contributed by atoms with Crippen molar-refractivity contribution in [3.63, 3.8) is 0 Å². The highest BCUT2D eigenvalue weighted by atomic mass is 16.5. The van der Waals surface area contributed by atoms with Gasteiger partial charge in [-0.2, -0.15) is 0 Å². The predicted octanol–water partition coefficient (Wildman–Crippen LogP) is 1.87. The molecule has 0 unspecified atom stereocenters. The van der Waals surface area contributed by atoms with Gasteiger partial charge in [0.1, 0.15) is 17.2 Å². The summed E-state index contributed by atoms with van der Waals surface area (Å²) in [7, 11) is 4.58. The lowest BCUT2D eigenvalue weighted by molar-refractivity contribution is 0.0926. The van der Waals surface area contributed by atoms with Gasteiger partial charge in [-0.1, -0.05) is 0 Å². The number of rotatable bonds is 8. The summed E-state index contributed by atoms with van der Waals surface area (Å²) < 4.78 is 15.4. The first-order valence-electron chi connectivity index (χ1n) is 8.01. The average molecular weight is 358 g/mol. The lowest BCUT2D eigenvalue weighted by Gasteiger charge is -2.11. The fourth-order valence-electron chi connectivity index (χ4n) is 2.28. The predicted molar refractivity (Wildman–Crippen MR) is 97.2 cm³/mol. The van der Waals surface area contributed by atoms with E-state index in [0.29, 0.717) is 34.9 Å². The number of benzene rings is 2. The molecule has 26 heavy (non-hydrogen) atoms. The lowest BCUT2D eigenvalue weighted by atomic mass is 10.1. The van der Waals surface area contributed by atoms with Gasteiger partial charge in [-0.25, -0.2) is 0 Å². The minimum Gasteiger partial charge on any atom is -0.497 e. The molecule has 2 amide bonds. The maximum Gasteiger partial charge on any atom is 0.255 e. The number of hydrogen-bond acceptors (Lipinski definition) is 5. The van der Waals surface area contributed by atoms with Crippen LogP contribution in [-0.4, -0.2) is 46.2 Å². The van der Waals surface area contributed by atoms with Gasteiger partial charge in [0.15, 0.2) is 0 Å². The van der Waals surface area contributed by atoms with Crippen LogP contribution in [0.1, 0.15) is 20.7 Å². The number of carbonyl (C=O) groups is 2. The molecule has 0 fully saturated rings. The lowest BCUT2D eigenvalue weighted by Crippen LogP contribution is -2.34. The summed E-state index contributed by atoms with van der Waals surface area (Å²) in [6, 6.07) is 11.8. The van der Waals surface area contributed by atoms with E-state index in [1.165, 1.54) is 14.2 Å². The summed E-state index contributed by atoms with van der Waals surface area (Å²) in [5.41, 5.74) is 0.889. The smallest absolute Gasteiger partial charge is 0.255 e. The summed E-state index contributed by atoms with van der Waals surface area (Å²) in [4.78, 5) is 24.3. The second-order valence-electron chi connectivity index (χ2n) is 5.31. The van der Waals surface area contributed by atoms with Gasteiger partial charge in [0.25, 0.3) is 11.8 Å². The molecule has 138 valence electrons. The molecule has 2 aromatic carbocycles. The van der Waals surface area contributed by atoms with Gasteiger partial charge in [0.2, 0.25) is 0 Å². The normalized spacial score (nSPS) is 9.96. The molecule has 0 saturated carbocycles. The van der Waals surface area contributed by atoms with Crippen molar-refractivity contribution < 1.29 is 23.8 Å². The largest absolute Gasteiger partial charge is 0.497 e. The minimum absolute atomic E-state index is 0.221. The highest BCUT2D eigenvalue weighted by Gasteiger charge is 2.13. The van der Waals surface area contributed by atoms with E-state index in [9.17, 15) is 9.59 Å². The Morgan fingerprint density at radius 3 is 1.92 bits per heavy atom. The fraction of sp³-hybridized carbons (Fsp3) is 0.263. The first kappa shape index (κ1) is 19.1. The Bertz CT molecular complexity index is 759. The van der Waals surface area contributed by atoms with E-state index in [0.717, 1.165) is 0 Å². The Hall–Kier alpha value is -3.22. The number of methoxy groups -OCH3 is 3. The SMILES string of the molecule is COc1ccc(C(=O)NCCNC(=O)c2cc(OC)ccc2OC)cc1. The first-order chi connectivity index (χ1) is 12.6. The molecule has 7 heteroatoms. The highest BCUT2D eigenvalue weighted by molar-refractivity contribution is 5.97. The van der Waals surface area contributed by atoms with Crippen LogP contribution in [0.3, 0.4) is 0 Å². The topological polar surface area (TPSA) is 85.9 Å². The molecule has 0 aliphatic rings. The van der Waals surface area contributed by atoms with Crippen molar-refractivity contribution in [3.8, 4) is 17.2 Å². The van der Waals surface area contributed by atoms with Crippen LogP contribution < -0.4 is 24.8 Å². The van der Waals surface area contributed by atoms with Gasteiger partial charge in [0.05, 0.1) is 26.9 Å². The van der Waals surface area contributed by atoms with Crippen molar-refractivity contribution in [1.82, 2.24) is 10.6 Å². The molecular weight excluding hydrogens is 336 g/mol. The summed E-state index contributed by atoms with van der Waals surface area (Å²) in [5, 5.41) is 5.48. The third kappa shape index (κ3) is 4.89. The maximum atomic E-state index is 12.3. The minimum atomic E-state index is -0.306. The molecule has 0 bridgehead atoms. The van der Waals surface area contributed by atoms with E-state index in [1.807, 2.05) is 0 Å². The monoisotopic (exact) mass is 358 g/mol. The molecule has 7 nitrogen and oxygen atoms in total. The molecule has 2 aromatic rings. The van der Waals surface area contributed by atoms with E-state index in [4.69, 9.17) is 14.2 Å². The van der Waals surface area contributed by atoms with E-state index >= 15 is 0 Å². The van der Waals surface area contributed by atoms with Crippen molar-refractivity contribution in [3.05, 3.63) is 53.6 Å². The molecule has 0 atom stereocenters. The zero-order valence-electron chi connectivity index (χ0n) is 15.0. The van der Waals surface area contributed by atoms with Crippen molar-refractivity contribution in [2.24, 2.45) is 0 Å². The van der Waals surface area contributed by atoms with Crippen molar-refractivity contribution in [2.45, 2.75) is 0 Å².